The molecule has 2 aliphatic carbocycles. The number of phenolic OH excluding ortho intramolecular Hbond substituents is 1. The van der Waals surface area contributed by atoms with Gasteiger partial charge in [-0.05, 0) is 147 Å². The number of likely N-dealkylation sites (tertiary alicyclic amines) is 1. The number of esters is 1. The smallest absolute Gasteiger partial charge is 0.313 e. The predicted molar refractivity (Wildman–Crippen MR) is 238 cm³/mol. The lowest BCUT2D eigenvalue weighted by Gasteiger charge is -2.36. The van der Waals surface area contributed by atoms with Crippen molar-refractivity contribution >= 4 is 17.3 Å². The average molecular weight is 814 g/mol. The number of ether oxygens (including phenoxy) is 3. The van der Waals surface area contributed by atoms with Crippen LogP contribution in [0.25, 0.3) is 5.57 Å². The van der Waals surface area contributed by atoms with Crippen LogP contribution in [-0.4, -0.2) is 66.3 Å². The summed E-state index contributed by atoms with van der Waals surface area (Å²) >= 11 is 0. The number of hydrogen-bond donors (Lipinski definition) is 2. The minimum Gasteiger partial charge on any atom is -0.508 e. The molecule has 7 rings (SSSR count). The van der Waals surface area contributed by atoms with Gasteiger partial charge in [0.1, 0.15) is 30.5 Å². The summed E-state index contributed by atoms with van der Waals surface area (Å²) in [5.74, 6) is 2.61. The molecule has 4 unspecified atom stereocenters. The summed E-state index contributed by atoms with van der Waals surface area (Å²) in [5.41, 5.74) is 7.50. The van der Waals surface area contributed by atoms with Crippen LogP contribution in [0.2, 0.25) is 0 Å². The van der Waals surface area contributed by atoms with Crippen molar-refractivity contribution in [2.24, 2.45) is 23.7 Å². The minimum absolute atomic E-state index is 0.127. The van der Waals surface area contributed by atoms with Gasteiger partial charge in [-0.1, -0.05) is 91.7 Å². The number of aliphatic hydroxyl groups is 1. The molecule has 1 saturated heterocycles. The highest BCUT2D eigenvalue weighted by Crippen LogP contribution is 2.42. The van der Waals surface area contributed by atoms with Crippen LogP contribution in [0.4, 0.5) is 0 Å². The van der Waals surface area contributed by atoms with Crippen molar-refractivity contribution in [2.45, 2.75) is 78.7 Å². The van der Waals surface area contributed by atoms with Crippen molar-refractivity contribution < 1.29 is 34.0 Å². The number of hydrogen-bond acceptors (Lipinski definition) is 8. The first-order valence-corrected chi connectivity index (χ1v) is 21.9. The van der Waals surface area contributed by atoms with Gasteiger partial charge >= 0.3 is 5.97 Å². The lowest BCUT2D eigenvalue weighted by atomic mass is 9.69. The third-order valence-corrected chi connectivity index (χ3v) is 12.5. The van der Waals surface area contributed by atoms with Gasteiger partial charge in [0.2, 0.25) is 0 Å². The van der Waals surface area contributed by atoms with E-state index in [0.717, 1.165) is 65.3 Å². The molecule has 0 saturated carbocycles. The van der Waals surface area contributed by atoms with Crippen molar-refractivity contribution in [3.05, 3.63) is 143 Å². The van der Waals surface area contributed by atoms with Gasteiger partial charge in [-0.3, -0.25) is 14.5 Å². The van der Waals surface area contributed by atoms with Crippen LogP contribution in [-0.2, 0) is 33.8 Å². The Morgan fingerprint density at radius 2 is 1.48 bits per heavy atom. The molecule has 1 aliphatic heterocycles. The van der Waals surface area contributed by atoms with Gasteiger partial charge in [0, 0.05) is 26.0 Å². The Hall–Kier alpha value is -5.18. The highest BCUT2D eigenvalue weighted by atomic mass is 16.5. The second-order valence-corrected chi connectivity index (χ2v) is 16.5. The highest BCUT2D eigenvalue weighted by molar-refractivity contribution is 5.99. The number of ketones is 1. The molecular formula is C52H63NO7. The van der Waals surface area contributed by atoms with E-state index in [0.29, 0.717) is 56.0 Å². The summed E-state index contributed by atoms with van der Waals surface area (Å²) in [5, 5.41) is 19.6. The number of allylic oxidation sites excluding steroid dienone is 3. The first kappa shape index (κ1) is 44.4. The molecule has 1 heterocycles. The number of aliphatic hydroxyl groups excluding tert-OH is 1. The highest BCUT2D eigenvalue weighted by Gasteiger charge is 2.33. The lowest BCUT2D eigenvalue weighted by Crippen LogP contribution is -2.33. The maximum absolute atomic E-state index is 12.4. The minimum atomic E-state index is -0.305. The zero-order chi connectivity index (χ0) is 42.3. The summed E-state index contributed by atoms with van der Waals surface area (Å²) in [6.45, 7) is 11.2. The second kappa shape index (κ2) is 22.4. The molecule has 4 aromatic rings. The van der Waals surface area contributed by atoms with E-state index in [4.69, 9.17) is 14.2 Å². The maximum atomic E-state index is 12.4. The van der Waals surface area contributed by atoms with Gasteiger partial charge in [0.05, 0.1) is 12.5 Å². The van der Waals surface area contributed by atoms with Crippen molar-refractivity contribution in [3.63, 3.8) is 0 Å². The van der Waals surface area contributed by atoms with E-state index in [-0.39, 0.29) is 24.3 Å². The van der Waals surface area contributed by atoms with Crippen molar-refractivity contribution in [1.29, 1.82) is 0 Å². The first-order chi connectivity index (χ1) is 29.2. The number of nitrogens with zero attached hydrogens (tertiary/aromatic N) is 1. The van der Waals surface area contributed by atoms with Gasteiger partial charge < -0.3 is 24.4 Å². The monoisotopic (exact) mass is 813 g/mol. The zero-order valence-electron chi connectivity index (χ0n) is 35.7. The Morgan fingerprint density at radius 3 is 2.15 bits per heavy atom. The molecule has 0 aromatic heterocycles. The Bertz CT molecular complexity index is 2020. The molecule has 4 atom stereocenters. The number of carbonyl (C=O) groups is 2. The van der Waals surface area contributed by atoms with E-state index in [2.05, 4.69) is 42.2 Å². The Kier molecular flexibility index (Phi) is 16.6. The van der Waals surface area contributed by atoms with Gasteiger partial charge in [0.25, 0.3) is 0 Å². The Labute approximate surface area is 356 Å². The van der Waals surface area contributed by atoms with Crippen LogP contribution >= 0.6 is 0 Å². The summed E-state index contributed by atoms with van der Waals surface area (Å²) in [4.78, 5) is 27.1. The second-order valence-electron chi connectivity index (χ2n) is 16.5. The van der Waals surface area contributed by atoms with Crippen molar-refractivity contribution in [1.82, 2.24) is 4.90 Å². The summed E-state index contributed by atoms with van der Waals surface area (Å²) in [6.07, 6.45) is 9.56. The number of rotatable bonds is 15. The molecule has 2 N–H and O–H groups in total. The standard InChI is InChI=1S/C28H37NO3.C24H26O4/c1-21-24(20-30)9-14-27(23-7-10-25(31)11-8-23)28(21)19-22-5-12-26(13-6-22)32-18-17-29-15-3-2-4-16-29;1-3-27-24(26)21-13-14-23(25)22(17(21)2)15-18-9-11-20(12-10-18)28-16-19-7-5-4-6-8-19/h5-8,10-14,21,24,28,30-31H,2-4,9,15-20H2,1H3;4-12,21H,3,13-16H2,1-2H3. The van der Waals surface area contributed by atoms with Crippen LogP contribution in [0.1, 0.15) is 81.5 Å². The van der Waals surface area contributed by atoms with Gasteiger partial charge in [-0.15, -0.1) is 0 Å². The third-order valence-electron chi connectivity index (χ3n) is 12.5. The molecule has 60 heavy (non-hydrogen) atoms. The Balaban J connectivity index is 0.000000203. The van der Waals surface area contributed by atoms with Gasteiger partial charge in [-0.2, -0.15) is 0 Å². The van der Waals surface area contributed by atoms with E-state index in [1.165, 1.54) is 43.5 Å². The SMILES string of the molecule is CC1C(CO)CC=C(c2ccc(O)cc2)C1Cc1ccc(OCCN2CCCCC2)cc1.CCOC(=O)C1CCC(=O)C(Cc2ccc(OCc3ccccc3)cc2)=C1C. The largest absolute Gasteiger partial charge is 0.508 e. The molecule has 8 nitrogen and oxygen atoms in total. The molecule has 8 heteroatoms. The van der Waals surface area contributed by atoms with Crippen molar-refractivity contribution in [3.8, 4) is 17.2 Å². The number of phenols is 1. The number of benzene rings is 4. The van der Waals surface area contributed by atoms with Crippen LogP contribution in [0.5, 0.6) is 17.2 Å². The van der Waals surface area contributed by atoms with Crippen LogP contribution in [0.3, 0.4) is 0 Å². The molecule has 3 aliphatic rings. The van der Waals surface area contributed by atoms with Crippen molar-refractivity contribution in [2.75, 3.05) is 39.5 Å². The fraction of sp³-hybridized carbons (Fsp3) is 0.423. The number of Topliss-reactive ketones (excluding diaryl/α,β-unsaturated/α-hetero) is 1. The third kappa shape index (κ3) is 12.4. The molecule has 0 bridgehead atoms. The Morgan fingerprint density at radius 1 is 0.817 bits per heavy atom. The molecule has 0 radical (unpaired) electrons. The fourth-order valence-corrected chi connectivity index (χ4v) is 8.73. The van der Waals surface area contributed by atoms with Crippen LogP contribution < -0.4 is 9.47 Å². The number of piperidine rings is 1. The van der Waals surface area contributed by atoms with E-state index >= 15 is 0 Å². The molecular weight excluding hydrogens is 751 g/mol. The zero-order valence-corrected chi connectivity index (χ0v) is 35.7. The first-order valence-electron chi connectivity index (χ1n) is 21.9. The molecule has 1 fully saturated rings. The fourth-order valence-electron chi connectivity index (χ4n) is 8.73. The summed E-state index contributed by atoms with van der Waals surface area (Å²) in [6, 6.07) is 33.9. The molecule has 0 spiro atoms. The number of carbonyl (C=O) groups excluding carboxylic acids is 2. The predicted octanol–water partition coefficient (Wildman–Crippen LogP) is 9.81. The van der Waals surface area contributed by atoms with Crippen LogP contribution in [0, 0.1) is 23.7 Å². The quantitative estimate of drug-likeness (QED) is 0.114. The van der Waals surface area contributed by atoms with Gasteiger partial charge in [-0.25, -0.2) is 0 Å². The van der Waals surface area contributed by atoms with Gasteiger partial charge in [0.15, 0.2) is 5.78 Å². The number of aromatic hydroxyl groups is 1. The topological polar surface area (TPSA) is 106 Å². The summed E-state index contributed by atoms with van der Waals surface area (Å²) in [7, 11) is 0. The summed E-state index contributed by atoms with van der Waals surface area (Å²) < 4.78 is 17.0. The molecule has 0 amide bonds. The van der Waals surface area contributed by atoms with E-state index in [9.17, 15) is 19.8 Å². The molecule has 318 valence electrons. The maximum Gasteiger partial charge on any atom is 0.313 e. The molecule has 4 aromatic carbocycles. The lowest BCUT2D eigenvalue weighted by molar-refractivity contribution is -0.147. The van der Waals surface area contributed by atoms with E-state index in [1.54, 1.807) is 19.1 Å². The van der Waals surface area contributed by atoms with Crippen LogP contribution in [0.15, 0.2) is 120 Å². The normalized spacial score (nSPS) is 20.7. The van der Waals surface area contributed by atoms with E-state index < -0.39 is 0 Å². The average Bonchev–Trinajstić information content (AvgIpc) is 3.27. The van der Waals surface area contributed by atoms with E-state index in [1.807, 2.05) is 73.7 Å².